The molecule has 1 fully saturated rings. The fourth-order valence-corrected chi connectivity index (χ4v) is 2.68. The molecule has 2 aromatic rings. The van der Waals surface area contributed by atoms with Crippen LogP contribution in [0.15, 0.2) is 24.8 Å². The first-order valence-electron chi connectivity index (χ1n) is 7.59. The van der Waals surface area contributed by atoms with Crippen molar-refractivity contribution in [2.75, 3.05) is 23.3 Å². The SMILES string of the molecule is N#Cc1nccnc1N1CCC(Nc2cc(C(F)(F)F)ncn2)CC1. The Hall–Kier alpha value is -2.96. The number of hydrogen-bond acceptors (Lipinski definition) is 7. The second-order valence-corrected chi connectivity index (χ2v) is 5.53. The molecule has 3 heterocycles. The standard InChI is InChI=1S/C15H14F3N7/c16-15(17,18)12-7-13(23-9-22-12)24-10-1-5-25(6-2-10)14-11(8-19)20-3-4-21-14/h3-4,7,9-10H,1-2,5-6H2,(H,22,23,24). The highest BCUT2D eigenvalue weighted by Crippen LogP contribution is 2.29. The van der Waals surface area contributed by atoms with Gasteiger partial charge in [0, 0.05) is 37.6 Å². The van der Waals surface area contributed by atoms with E-state index < -0.39 is 11.9 Å². The number of piperidine rings is 1. The maximum Gasteiger partial charge on any atom is 0.433 e. The van der Waals surface area contributed by atoms with Crippen molar-refractivity contribution < 1.29 is 13.2 Å². The van der Waals surface area contributed by atoms with Crippen LogP contribution >= 0.6 is 0 Å². The molecule has 130 valence electrons. The predicted molar refractivity (Wildman–Crippen MR) is 82.6 cm³/mol. The maximum atomic E-state index is 12.7. The van der Waals surface area contributed by atoms with E-state index in [9.17, 15) is 13.2 Å². The van der Waals surface area contributed by atoms with Crippen LogP contribution in [0.1, 0.15) is 24.2 Å². The Labute approximate surface area is 141 Å². The number of nitriles is 1. The van der Waals surface area contributed by atoms with Crippen LogP contribution in [0.4, 0.5) is 24.8 Å². The molecule has 0 saturated carbocycles. The topological polar surface area (TPSA) is 90.6 Å². The summed E-state index contributed by atoms with van der Waals surface area (Å²) >= 11 is 0. The highest BCUT2D eigenvalue weighted by atomic mass is 19.4. The number of rotatable bonds is 3. The smallest absolute Gasteiger partial charge is 0.367 e. The molecule has 0 radical (unpaired) electrons. The lowest BCUT2D eigenvalue weighted by Gasteiger charge is -2.33. The van der Waals surface area contributed by atoms with Crippen molar-refractivity contribution in [3.8, 4) is 6.07 Å². The zero-order chi connectivity index (χ0) is 17.9. The lowest BCUT2D eigenvalue weighted by Crippen LogP contribution is -2.40. The summed E-state index contributed by atoms with van der Waals surface area (Å²) in [6, 6.07) is 2.90. The van der Waals surface area contributed by atoms with Crippen molar-refractivity contribution in [1.82, 2.24) is 19.9 Å². The fraction of sp³-hybridized carbons (Fsp3) is 0.400. The Bertz CT molecular complexity index is 779. The Balaban J connectivity index is 1.63. The molecule has 0 aliphatic carbocycles. The van der Waals surface area contributed by atoms with E-state index in [-0.39, 0.29) is 17.6 Å². The monoisotopic (exact) mass is 349 g/mol. The van der Waals surface area contributed by atoms with Crippen molar-refractivity contribution in [2.24, 2.45) is 0 Å². The van der Waals surface area contributed by atoms with E-state index in [1.807, 2.05) is 11.0 Å². The first kappa shape index (κ1) is 16.9. The van der Waals surface area contributed by atoms with Gasteiger partial charge in [0.05, 0.1) is 0 Å². The summed E-state index contributed by atoms with van der Waals surface area (Å²) in [5.41, 5.74) is -0.708. The van der Waals surface area contributed by atoms with Crippen LogP contribution in [0.3, 0.4) is 0 Å². The number of hydrogen-bond donors (Lipinski definition) is 1. The summed E-state index contributed by atoms with van der Waals surface area (Å²) in [4.78, 5) is 17.2. The predicted octanol–water partition coefficient (Wildman–Crippen LogP) is 2.24. The summed E-state index contributed by atoms with van der Waals surface area (Å²) in [5, 5.41) is 12.1. The van der Waals surface area contributed by atoms with Gasteiger partial charge in [-0.3, -0.25) is 0 Å². The molecule has 0 bridgehead atoms. The van der Waals surface area contributed by atoms with Crippen LogP contribution in [-0.4, -0.2) is 39.1 Å². The van der Waals surface area contributed by atoms with E-state index in [0.717, 1.165) is 12.4 Å². The number of nitrogens with zero attached hydrogens (tertiary/aromatic N) is 6. The van der Waals surface area contributed by atoms with E-state index in [1.165, 1.54) is 12.4 Å². The third-order valence-corrected chi connectivity index (χ3v) is 3.89. The molecular formula is C15H14F3N7. The number of nitrogens with one attached hydrogen (secondary N) is 1. The van der Waals surface area contributed by atoms with E-state index >= 15 is 0 Å². The minimum atomic E-state index is -4.50. The minimum Gasteiger partial charge on any atom is -0.367 e. The molecule has 0 aromatic carbocycles. The van der Waals surface area contributed by atoms with Crippen molar-refractivity contribution in [2.45, 2.75) is 25.1 Å². The molecule has 7 nitrogen and oxygen atoms in total. The average Bonchev–Trinajstić information content (AvgIpc) is 2.62. The van der Waals surface area contributed by atoms with Gasteiger partial charge in [0.2, 0.25) is 0 Å². The summed E-state index contributed by atoms with van der Waals surface area (Å²) in [6.45, 7) is 1.23. The quantitative estimate of drug-likeness (QED) is 0.909. The zero-order valence-corrected chi connectivity index (χ0v) is 13.0. The van der Waals surface area contributed by atoms with Gasteiger partial charge >= 0.3 is 6.18 Å². The van der Waals surface area contributed by atoms with Gasteiger partial charge in [-0.05, 0) is 12.8 Å². The Kier molecular flexibility index (Phi) is 4.65. The average molecular weight is 349 g/mol. The first-order valence-corrected chi connectivity index (χ1v) is 7.59. The zero-order valence-electron chi connectivity index (χ0n) is 13.0. The third-order valence-electron chi connectivity index (χ3n) is 3.89. The van der Waals surface area contributed by atoms with E-state index in [2.05, 4.69) is 25.3 Å². The molecule has 1 aliphatic rings. The molecule has 2 aromatic heterocycles. The van der Waals surface area contributed by atoms with E-state index in [1.54, 1.807) is 0 Å². The van der Waals surface area contributed by atoms with Crippen molar-refractivity contribution in [3.05, 3.63) is 36.2 Å². The van der Waals surface area contributed by atoms with Gasteiger partial charge in [-0.2, -0.15) is 18.4 Å². The van der Waals surface area contributed by atoms with E-state index in [4.69, 9.17) is 5.26 Å². The molecule has 0 amide bonds. The molecule has 1 N–H and O–H groups in total. The second-order valence-electron chi connectivity index (χ2n) is 5.53. The third kappa shape index (κ3) is 3.93. The summed E-state index contributed by atoms with van der Waals surface area (Å²) in [6.07, 6.45) is 0.741. The molecule has 10 heteroatoms. The number of anilines is 2. The van der Waals surface area contributed by atoms with Gasteiger partial charge in [-0.1, -0.05) is 0 Å². The summed E-state index contributed by atoms with van der Waals surface area (Å²) in [7, 11) is 0. The molecule has 1 saturated heterocycles. The molecule has 1 aliphatic heterocycles. The molecule has 25 heavy (non-hydrogen) atoms. The van der Waals surface area contributed by atoms with Crippen molar-refractivity contribution in [3.63, 3.8) is 0 Å². The highest BCUT2D eigenvalue weighted by Gasteiger charge is 2.33. The molecular weight excluding hydrogens is 335 g/mol. The Morgan fingerprint density at radius 3 is 2.52 bits per heavy atom. The van der Waals surface area contributed by atoms with Crippen molar-refractivity contribution in [1.29, 1.82) is 5.26 Å². The highest BCUT2D eigenvalue weighted by molar-refractivity contribution is 5.50. The van der Waals surface area contributed by atoms with Gasteiger partial charge in [0.25, 0.3) is 0 Å². The summed E-state index contributed by atoms with van der Waals surface area (Å²) in [5.74, 6) is 0.683. The summed E-state index contributed by atoms with van der Waals surface area (Å²) < 4.78 is 38.1. The Morgan fingerprint density at radius 1 is 1.12 bits per heavy atom. The molecule has 0 atom stereocenters. The molecule has 0 spiro atoms. The van der Waals surface area contributed by atoms with Gasteiger partial charge in [-0.15, -0.1) is 0 Å². The number of alkyl halides is 3. The lowest BCUT2D eigenvalue weighted by molar-refractivity contribution is -0.141. The van der Waals surface area contributed by atoms with Crippen LogP contribution < -0.4 is 10.2 Å². The van der Waals surface area contributed by atoms with Crippen LogP contribution in [0.5, 0.6) is 0 Å². The van der Waals surface area contributed by atoms with Crippen LogP contribution in [0.25, 0.3) is 0 Å². The lowest BCUT2D eigenvalue weighted by atomic mass is 10.0. The van der Waals surface area contributed by atoms with Crippen LogP contribution in [0, 0.1) is 11.3 Å². The van der Waals surface area contributed by atoms with Crippen LogP contribution in [0.2, 0.25) is 0 Å². The van der Waals surface area contributed by atoms with Gasteiger partial charge in [0.15, 0.2) is 11.5 Å². The van der Waals surface area contributed by atoms with Gasteiger partial charge < -0.3 is 10.2 Å². The van der Waals surface area contributed by atoms with Gasteiger partial charge in [-0.25, -0.2) is 19.9 Å². The number of aromatic nitrogens is 4. The molecule has 3 rings (SSSR count). The normalized spacial score (nSPS) is 15.7. The largest absolute Gasteiger partial charge is 0.433 e. The second kappa shape index (κ2) is 6.88. The molecule has 0 unspecified atom stereocenters. The first-order chi connectivity index (χ1) is 12.0. The minimum absolute atomic E-state index is 0.0190. The number of halogens is 3. The van der Waals surface area contributed by atoms with Crippen LogP contribution in [-0.2, 0) is 6.18 Å². The van der Waals surface area contributed by atoms with Gasteiger partial charge in [0.1, 0.15) is 23.9 Å². The maximum absolute atomic E-state index is 12.7. The Morgan fingerprint density at radius 2 is 1.84 bits per heavy atom. The van der Waals surface area contributed by atoms with Crippen molar-refractivity contribution >= 4 is 11.6 Å². The fourth-order valence-electron chi connectivity index (χ4n) is 2.68. The van der Waals surface area contributed by atoms with E-state index in [0.29, 0.717) is 31.7 Å².